The lowest BCUT2D eigenvalue weighted by Crippen LogP contribution is -2.38. The van der Waals surface area contributed by atoms with Crippen LogP contribution in [0.2, 0.25) is 0 Å². The molecule has 100 valence electrons. The Balaban J connectivity index is 1.90. The summed E-state index contributed by atoms with van der Waals surface area (Å²) in [4.78, 5) is 2.31. The number of aliphatic hydroxyl groups is 1. The molecule has 1 aliphatic rings. The maximum absolute atomic E-state index is 10.6. The van der Waals surface area contributed by atoms with E-state index < -0.39 is 5.60 Å². The molecule has 1 saturated carbocycles. The molecular formula is C15H24N2O. The molecule has 0 amide bonds. The second kappa shape index (κ2) is 5.83. The van der Waals surface area contributed by atoms with Crippen molar-refractivity contribution in [2.24, 2.45) is 11.7 Å². The number of nitrogens with zero attached hydrogens (tertiary/aromatic N) is 1. The van der Waals surface area contributed by atoms with E-state index in [1.54, 1.807) is 0 Å². The molecular weight excluding hydrogens is 224 g/mol. The van der Waals surface area contributed by atoms with Crippen LogP contribution in [-0.2, 0) is 5.60 Å². The first-order valence-electron chi connectivity index (χ1n) is 6.80. The van der Waals surface area contributed by atoms with Crippen LogP contribution in [0.25, 0.3) is 0 Å². The molecule has 0 spiro atoms. The average molecular weight is 248 g/mol. The summed E-state index contributed by atoms with van der Waals surface area (Å²) in [5.74, 6) is 0.887. The Bertz CT molecular complexity index is 364. The van der Waals surface area contributed by atoms with Crippen molar-refractivity contribution >= 4 is 0 Å². The van der Waals surface area contributed by atoms with Gasteiger partial charge in [0.1, 0.15) is 5.60 Å². The smallest absolute Gasteiger partial charge is 0.103 e. The van der Waals surface area contributed by atoms with Crippen molar-refractivity contribution in [3.05, 3.63) is 35.9 Å². The van der Waals surface area contributed by atoms with Gasteiger partial charge in [-0.2, -0.15) is 0 Å². The minimum absolute atomic E-state index is 0.272. The molecule has 1 atom stereocenters. The fourth-order valence-electron chi connectivity index (χ4n) is 2.32. The molecule has 0 saturated heterocycles. The van der Waals surface area contributed by atoms with Crippen molar-refractivity contribution in [1.29, 1.82) is 0 Å². The molecule has 0 radical (unpaired) electrons. The molecule has 1 aliphatic carbocycles. The zero-order chi connectivity index (χ0) is 13.0. The third-order valence-corrected chi connectivity index (χ3v) is 3.82. The van der Waals surface area contributed by atoms with Gasteiger partial charge in [-0.3, -0.25) is 0 Å². The van der Waals surface area contributed by atoms with Gasteiger partial charge in [-0.1, -0.05) is 30.3 Å². The van der Waals surface area contributed by atoms with Crippen LogP contribution in [0.5, 0.6) is 0 Å². The molecule has 1 fully saturated rings. The molecule has 0 aliphatic heterocycles. The number of nitrogens with two attached hydrogens (primary N) is 1. The zero-order valence-electron chi connectivity index (χ0n) is 11.2. The van der Waals surface area contributed by atoms with Crippen LogP contribution in [0, 0.1) is 5.92 Å². The fourth-order valence-corrected chi connectivity index (χ4v) is 2.32. The van der Waals surface area contributed by atoms with Crippen molar-refractivity contribution in [1.82, 2.24) is 4.90 Å². The van der Waals surface area contributed by atoms with Crippen molar-refractivity contribution in [2.45, 2.75) is 24.9 Å². The first kappa shape index (κ1) is 13.5. The van der Waals surface area contributed by atoms with Crippen LogP contribution in [0.3, 0.4) is 0 Å². The highest BCUT2D eigenvalue weighted by Gasteiger charge is 2.28. The summed E-state index contributed by atoms with van der Waals surface area (Å²) < 4.78 is 0. The van der Waals surface area contributed by atoms with Crippen LogP contribution in [0.15, 0.2) is 30.3 Å². The highest BCUT2D eigenvalue weighted by Crippen LogP contribution is 2.30. The number of rotatable bonds is 7. The van der Waals surface area contributed by atoms with Gasteiger partial charge in [0, 0.05) is 19.6 Å². The Morgan fingerprint density at radius 1 is 1.33 bits per heavy atom. The molecule has 1 aromatic rings. The third kappa shape index (κ3) is 3.55. The van der Waals surface area contributed by atoms with E-state index in [0.29, 0.717) is 6.42 Å². The molecule has 0 heterocycles. The van der Waals surface area contributed by atoms with E-state index in [9.17, 15) is 5.11 Å². The zero-order valence-corrected chi connectivity index (χ0v) is 11.2. The number of hydrogen-bond donors (Lipinski definition) is 2. The van der Waals surface area contributed by atoms with E-state index in [-0.39, 0.29) is 6.54 Å². The van der Waals surface area contributed by atoms with Gasteiger partial charge in [-0.05, 0) is 37.8 Å². The van der Waals surface area contributed by atoms with Crippen LogP contribution in [-0.4, -0.2) is 36.7 Å². The van der Waals surface area contributed by atoms with Crippen LogP contribution in [0.1, 0.15) is 24.8 Å². The van der Waals surface area contributed by atoms with Gasteiger partial charge in [0.05, 0.1) is 0 Å². The van der Waals surface area contributed by atoms with Gasteiger partial charge in [0.15, 0.2) is 0 Å². The van der Waals surface area contributed by atoms with Gasteiger partial charge >= 0.3 is 0 Å². The van der Waals surface area contributed by atoms with E-state index in [2.05, 4.69) is 11.9 Å². The predicted octanol–water partition coefficient (Wildman–Crippen LogP) is 1.56. The predicted molar refractivity (Wildman–Crippen MR) is 74.2 cm³/mol. The summed E-state index contributed by atoms with van der Waals surface area (Å²) in [6.07, 6.45) is 3.42. The van der Waals surface area contributed by atoms with Gasteiger partial charge in [0.25, 0.3) is 0 Å². The Labute approximate surface area is 110 Å². The van der Waals surface area contributed by atoms with Crippen molar-refractivity contribution in [2.75, 3.05) is 26.7 Å². The highest BCUT2D eigenvalue weighted by atomic mass is 16.3. The number of hydrogen-bond acceptors (Lipinski definition) is 3. The minimum atomic E-state index is -0.890. The highest BCUT2D eigenvalue weighted by molar-refractivity contribution is 5.22. The Hall–Kier alpha value is -0.900. The Morgan fingerprint density at radius 2 is 2.00 bits per heavy atom. The molecule has 0 aromatic heterocycles. The molecule has 18 heavy (non-hydrogen) atoms. The van der Waals surface area contributed by atoms with Crippen molar-refractivity contribution in [3.63, 3.8) is 0 Å². The van der Waals surface area contributed by atoms with E-state index in [4.69, 9.17) is 5.73 Å². The van der Waals surface area contributed by atoms with Gasteiger partial charge in [-0.25, -0.2) is 0 Å². The summed E-state index contributed by atoms with van der Waals surface area (Å²) in [6.45, 7) is 2.31. The van der Waals surface area contributed by atoms with E-state index in [1.807, 2.05) is 30.3 Å². The molecule has 3 nitrogen and oxygen atoms in total. The summed E-state index contributed by atoms with van der Waals surface area (Å²) in [6, 6.07) is 9.76. The molecule has 3 heteroatoms. The summed E-state index contributed by atoms with van der Waals surface area (Å²) in [7, 11) is 2.13. The summed E-state index contributed by atoms with van der Waals surface area (Å²) in [5, 5.41) is 10.6. The number of benzene rings is 1. The lowest BCUT2D eigenvalue weighted by Gasteiger charge is -2.29. The maximum atomic E-state index is 10.6. The molecule has 1 unspecified atom stereocenters. The lowest BCUT2D eigenvalue weighted by molar-refractivity contribution is 0.0277. The van der Waals surface area contributed by atoms with Gasteiger partial charge in [-0.15, -0.1) is 0 Å². The van der Waals surface area contributed by atoms with E-state index >= 15 is 0 Å². The van der Waals surface area contributed by atoms with E-state index in [1.165, 1.54) is 12.8 Å². The molecule has 2 rings (SSSR count). The Morgan fingerprint density at radius 3 is 2.56 bits per heavy atom. The van der Waals surface area contributed by atoms with Crippen molar-refractivity contribution < 1.29 is 5.11 Å². The minimum Gasteiger partial charge on any atom is -0.384 e. The second-order valence-corrected chi connectivity index (χ2v) is 5.56. The Kier molecular flexibility index (Phi) is 4.38. The average Bonchev–Trinajstić information content (AvgIpc) is 3.21. The normalized spacial score (nSPS) is 18.9. The SMILES string of the molecule is CN(CCC(O)(CN)c1ccccc1)CC1CC1. The van der Waals surface area contributed by atoms with Crippen LogP contribution in [0.4, 0.5) is 0 Å². The van der Waals surface area contributed by atoms with Crippen LogP contribution < -0.4 is 5.73 Å². The molecule has 1 aromatic carbocycles. The van der Waals surface area contributed by atoms with Crippen LogP contribution >= 0.6 is 0 Å². The topological polar surface area (TPSA) is 49.5 Å². The third-order valence-electron chi connectivity index (χ3n) is 3.82. The standard InChI is InChI=1S/C15H24N2O/c1-17(11-13-7-8-13)10-9-15(18,12-16)14-5-3-2-4-6-14/h2-6,13,18H,7-12,16H2,1H3. The first-order chi connectivity index (χ1) is 8.64. The summed E-state index contributed by atoms with van der Waals surface area (Å²) >= 11 is 0. The largest absolute Gasteiger partial charge is 0.384 e. The van der Waals surface area contributed by atoms with Gasteiger partial charge in [0.2, 0.25) is 0 Å². The van der Waals surface area contributed by atoms with Gasteiger partial charge < -0.3 is 15.7 Å². The maximum Gasteiger partial charge on any atom is 0.103 e. The molecule has 3 N–H and O–H groups in total. The molecule has 0 bridgehead atoms. The summed E-state index contributed by atoms with van der Waals surface area (Å²) in [5.41, 5.74) is 5.80. The first-order valence-corrected chi connectivity index (χ1v) is 6.80. The van der Waals surface area contributed by atoms with Crippen molar-refractivity contribution in [3.8, 4) is 0 Å². The van der Waals surface area contributed by atoms with E-state index in [0.717, 1.165) is 24.6 Å². The fraction of sp³-hybridized carbons (Fsp3) is 0.600. The monoisotopic (exact) mass is 248 g/mol. The second-order valence-electron chi connectivity index (χ2n) is 5.56. The quantitative estimate of drug-likeness (QED) is 0.770. The lowest BCUT2D eigenvalue weighted by atomic mass is 9.90.